The fraction of sp³-hybridized carbons (Fsp3) is 0.400. The van der Waals surface area contributed by atoms with Gasteiger partial charge in [-0.15, -0.1) is 0 Å². The van der Waals surface area contributed by atoms with E-state index in [1.807, 2.05) is 28.8 Å². The van der Waals surface area contributed by atoms with Gasteiger partial charge in [0.05, 0.1) is 60.3 Å². The molecule has 8 rings (SSSR count). The summed E-state index contributed by atoms with van der Waals surface area (Å²) in [7, 11) is 1.28. The number of carbonyl (C=O) groups excluding carboxylic acids is 1. The molecular formula is C35H33F2N5O5. The molecule has 47 heavy (non-hydrogen) atoms. The minimum atomic E-state index is -1.39. The summed E-state index contributed by atoms with van der Waals surface area (Å²) in [6.45, 7) is 4.85. The summed E-state index contributed by atoms with van der Waals surface area (Å²) >= 11 is 0. The molecule has 0 spiro atoms. The molecule has 4 aliphatic rings. The number of imidazole rings is 1. The molecule has 4 atom stereocenters. The van der Waals surface area contributed by atoms with Crippen molar-refractivity contribution in [2.75, 3.05) is 31.7 Å². The third kappa shape index (κ3) is 4.87. The van der Waals surface area contributed by atoms with Gasteiger partial charge >= 0.3 is 5.97 Å². The van der Waals surface area contributed by atoms with Crippen molar-refractivity contribution in [2.45, 2.75) is 63.3 Å². The predicted molar refractivity (Wildman–Crippen MR) is 166 cm³/mol. The largest absolute Gasteiger partial charge is 0.465 e. The van der Waals surface area contributed by atoms with E-state index in [4.69, 9.17) is 23.9 Å². The molecular weight excluding hydrogens is 608 g/mol. The number of esters is 1. The second kappa shape index (κ2) is 11.2. The van der Waals surface area contributed by atoms with Gasteiger partial charge in [-0.25, -0.2) is 18.6 Å². The molecule has 3 aliphatic heterocycles. The number of anilines is 1. The molecule has 3 aromatic carbocycles. The summed E-state index contributed by atoms with van der Waals surface area (Å²) in [5, 5.41) is 9.17. The number of nitrogens with zero attached hydrogens (tertiary/aromatic N) is 5. The van der Waals surface area contributed by atoms with Crippen LogP contribution in [0.3, 0.4) is 0 Å². The standard InChI is InChI=1S/C35H33F2N5O5/c1-35(23-7-6-20(17-38)14-24(23)36)46-30-5-3-4-28(33(30)47-35)41-12-11-40(26-8-9-27(26)41)19-31-39-32-25(37)15-21(34(43)44-2)16-29(32)42(31)18-22-10-13-45-22/h3-7,14-16,22,26-27H,8-13,18-19H2,1-2H3/t22-,26+,27-,35+/m0/s1. The maximum Gasteiger partial charge on any atom is 0.338 e. The molecule has 3 fully saturated rings. The van der Waals surface area contributed by atoms with E-state index in [0.717, 1.165) is 37.3 Å². The van der Waals surface area contributed by atoms with Crippen molar-refractivity contribution in [3.8, 4) is 17.6 Å². The van der Waals surface area contributed by atoms with Crippen LogP contribution in [0.2, 0.25) is 0 Å². The van der Waals surface area contributed by atoms with E-state index in [0.29, 0.717) is 43.3 Å². The van der Waals surface area contributed by atoms with Gasteiger partial charge in [0.2, 0.25) is 0 Å². The topological polar surface area (TPSA) is 102 Å². The molecule has 10 nitrogen and oxygen atoms in total. The zero-order chi connectivity index (χ0) is 32.4. The van der Waals surface area contributed by atoms with Crippen LogP contribution in [0.15, 0.2) is 48.5 Å². The molecule has 12 heteroatoms. The van der Waals surface area contributed by atoms with Crippen LogP contribution in [0.4, 0.5) is 14.5 Å². The lowest BCUT2D eigenvalue weighted by molar-refractivity contribution is -0.0706. The summed E-state index contributed by atoms with van der Waals surface area (Å²) in [5.74, 6) is -1.28. The van der Waals surface area contributed by atoms with Gasteiger partial charge in [0.15, 0.2) is 17.3 Å². The molecule has 4 aromatic rings. The number of benzene rings is 3. The van der Waals surface area contributed by atoms with E-state index in [1.165, 1.54) is 25.3 Å². The summed E-state index contributed by atoms with van der Waals surface area (Å²) < 4.78 is 55.5. The van der Waals surface area contributed by atoms with E-state index < -0.39 is 23.4 Å². The Morgan fingerprint density at radius 1 is 1.09 bits per heavy atom. The lowest BCUT2D eigenvalue weighted by Gasteiger charge is -2.54. The van der Waals surface area contributed by atoms with Crippen LogP contribution < -0.4 is 14.4 Å². The first-order valence-corrected chi connectivity index (χ1v) is 15.9. The minimum absolute atomic E-state index is 0.00938. The fourth-order valence-electron chi connectivity index (χ4n) is 7.32. The second-order valence-electron chi connectivity index (χ2n) is 12.7. The van der Waals surface area contributed by atoms with Crippen molar-refractivity contribution < 1.29 is 32.5 Å². The fourth-order valence-corrected chi connectivity index (χ4v) is 7.32. The molecule has 1 aliphatic carbocycles. The van der Waals surface area contributed by atoms with Crippen molar-refractivity contribution in [2.24, 2.45) is 0 Å². The van der Waals surface area contributed by atoms with Gasteiger partial charge in [-0.1, -0.05) is 6.07 Å². The quantitative estimate of drug-likeness (QED) is 0.250. The molecule has 1 aromatic heterocycles. The molecule has 0 radical (unpaired) electrons. The van der Waals surface area contributed by atoms with Gasteiger partial charge in [0.1, 0.15) is 17.2 Å². The lowest BCUT2D eigenvalue weighted by atomic mass is 9.81. The second-order valence-corrected chi connectivity index (χ2v) is 12.7. The zero-order valence-electron chi connectivity index (χ0n) is 26.0. The summed E-state index contributed by atoms with van der Waals surface area (Å²) in [6, 6.07) is 15.2. The van der Waals surface area contributed by atoms with Gasteiger partial charge < -0.3 is 28.4 Å². The normalized spacial score (nSPS) is 24.7. The molecule has 2 saturated heterocycles. The minimum Gasteiger partial charge on any atom is -0.465 e. The van der Waals surface area contributed by atoms with Crippen LogP contribution in [0.1, 0.15) is 53.5 Å². The SMILES string of the molecule is COC(=O)c1cc(F)c2nc(CN3CCN(c4cccc5c4O[C@](C)(c4ccc(C#N)cc4F)O5)[C@H]4CC[C@H]43)n(C[C@@H]3CCO3)c2c1. The molecule has 4 heterocycles. The van der Waals surface area contributed by atoms with Crippen molar-refractivity contribution in [3.63, 3.8) is 0 Å². The number of rotatable bonds is 7. The van der Waals surface area contributed by atoms with Gasteiger partial charge in [-0.3, -0.25) is 4.90 Å². The van der Waals surface area contributed by atoms with Crippen LogP contribution in [0.5, 0.6) is 11.5 Å². The Morgan fingerprint density at radius 2 is 1.91 bits per heavy atom. The van der Waals surface area contributed by atoms with Gasteiger partial charge in [0.25, 0.3) is 5.79 Å². The Labute approximate surface area is 270 Å². The molecule has 0 amide bonds. The van der Waals surface area contributed by atoms with Crippen LogP contribution in [-0.2, 0) is 28.4 Å². The number of fused-ring (bicyclic) bond motifs is 3. The van der Waals surface area contributed by atoms with E-state index in [9.17, 15) is 10.1 Å². The highest BCUT2D eigenvalue weighted by Crippen LogP contribution is 2.51. The Kier molecular flexibility index (Phi) is 7.07. The number of aromatic nitrogens is 2. The highest BCUT2D eigenvalue weighted by Gasteiger charge is 2.47. The lowest BCUT2D eigenvalue weighted by Crippen LogP contribution is -2.64. The average Bonchev–Trinajstić information content (AvgIpc) is 3.56. The maximum absolute atomic E-state index is 15.3. The van der Waals surface area contributed by atoms with Crippen molar-refractivity contribution in [1.82, 2.24) is 14.5 Å². The summed E-state index contributed by atoms with van der Waals surface area (Å²) in [5.41, 5.74) is 2.26. The highest BCUT2D eigenvalue weighted by molar-refractivity contribution is 5.94. The first-order valence-electron chi connectivity index (χ1n) is 15.9. The van der Waals surface area contributed by atoms with E-state index >= 15 is 8.78 Å². The number of para-hydroxylation sites is 1. The van der Waals surface area contributed by atoms with Gasteiger partial charge in [-0.05, 0) is 61.7 Å². The van der Waals surface area contributed by atoms with Crippen LogP contribution in [0.25, 0.3) is 11.0 Å². The third-order valence-electron chi connectivity index (χ3n) is 9.99. The van der Waals surface area contributed by atoms with Crippen LogP contribution in [0, 0.1) is 23.0 Å². The Balaban J connectivity index is 1.06. The van der Waals surface area contributed by atoms with E-state index in [-0.39, 0.29) is 40.4 Å². The molecule has 1 saturated carbocycles. The number of carbonyl (C=O) groups is 1. The van der Waals surface area contributed by atoms with Gasteiger partial charge in [0, 0.05) is 38.7 Å². The highest BCUT2D eigenvalue weighted by atomic mass is 19.1. The summed E-state index contributed by atoms with van der Waals surface area (Å²) in [4.78, 5) is 21.8. The van der Waals surface area contributed by atoms with E-state index in [2.05, 4.69) is 9.80 Å². The third-order valence-corrected chi connectivity index (χ3v) is 9.99. The number of hydrogen-bond donors (Lipinski definition) is 0. The predicted octanol–water partition coefficient (Wildman–Crippen LogP) is 5.26. The van der Waals surface area contributed by atoms with E-state index in [1.54, 1.807) is 19.1 Å². The molecule has 0 bridgehead atoms. The number of methoxy groups -OCH3 is 1. The van der Waals surface area contributed by atoms with Crippen molar-refractivity contribution >= 4 is 22.7 Å². The molecule has 0 N–H and O–H groups in total. The van der Waals surface area contributed by atoms with Gasteiger partial charge in [-0.2, -0.15) is 5.26 Å². The number of ether oxygens (including phenoxy) is 4. The molecule has 242 valence electrons. The zero-order valence-corrected chi connectivity index (χ0v) is 26.0. The number of piperazine rings is 1. The number of hydrogen-bond acceptors (Lipinski definition) is 9. The number of nitriles is 1. The van der Waals surface area contributed by atoms with Crippen LogP contribution in [-0.4, -0.2) is 65.4 Å². The number of halogens is 2. The van der Waals surface area contributed by atoms with Crippen LogP contribution >= 0.6 is 0 Å². The maximum atomic E-state index is 15.3. The van der Waals surface area contributed by atoms with Crippen molar-refractivity contribution in [1.29, 1.82) is 5.26 Å². The van der Waals surface area contributed by atoms with Crippen molar-refractivity contribution in [3.05, 3.63) is 82.7 Å². The monoisotopic (exact) mass is 641 g/mol. The summed E-state index contributed by atoms with van der Waals surface area (Å²) in [6.07, 6.45) is 2.90. The Hall–Kier alpha value is -4.73. The smallest absolute Gasteiger partial charge is 0.338 e. The molecule has 0 unspecified atom stereocenters. The Bertz CT molecular complexity index is 1950. The Morgan fingerprint density at radius 3 is 2.62 bits per heavy atom. The average molecular weight is 642 g/mol. The first-order chi connectivity index (χ1) is 22.8. The first kappa shape index (κ1) is 29.7.